The highest BCUT2D eigenvalue weighted by atomic mass is 16.5. The van der Waals surface area contributed by atoms with Crippen molar-refractivity contribution < 1.29 is 13.9 Å². The fraction of sp³-hybridized carbons (Fsp3) is 0.100. The molecule has 1 aliphatic carbocycles. The zero-order valence-electron chi connectivity index (χ0n) is 7.11. The minimum absolute atomic E-state index is 0.374. The lowest BCUT2D eigenvalue weighted by Crippen LogP contribution is -2.02. The zero-order valence-corrected chi connectivity index (χ0v) is 7.11. The van der Waals surface area contributed by atoms with E-state index in [0.29, 0.717) is 5.56 Å². The standard InChI is InChI=1S/C10H8O3/c1-12-10(11)9-6-13-5-7-3-2-4-8(7)9/h2-6H,1H3. The molecule has 1 aliphatic heterocycles. The molecule has 0 saturated carbocycles. The summed E-state index contributed by atoms with van der Waals surface area (Å²) in [6.45, 7) is 0. The monoisotopic (exact) mass is 176 g/mol. The van der Waals surface area contributed by atoms with Crippen LogP contribution in [0.1, 0.15) is 10.4 Å². The van der Waals surface area contributed by atoms with Gasteiger partial charge in [0.15, 0.2) is 0 Å². The Bertz CT molecular complexity index is 403. The molecule has 13 heavy (non-hydrogen) atoms. The average Bonchev–Trinajstić information content (AvgIpc) is 2.63. The van der Waals surface area contributed by atoms with Crippen LogP contribution in [0, 0.1) is 0 Å². The molecule has 3 nitrogen and oxygen atoms in total. The predicted molar refractivity (Wildman–Crippen MR) is 46.7 cm³/mol. The summed E-state index contributed by atoms with van der Waals surface area (Å²) in [6.07, 6.45) is 3.00. The van der Waals surface area contributed by atoms with E-state index in [1.165, 1.54) is 13.4 Å². The van der Waals surface area contributed by atoms with Crippen LogP contribution in [0.2, 0.25) is 0 Å². The molecule has 0 spiro atoms. The van der Waals surface area contributed by atoms with E-state index in [4.69, 9.17) is 4.42 Å². The van der Waals surface area contributed by atoms with E-state index in [2.05, 4.69) is 4.74 Å². The van der Waals surface area contributed by atoms with Crippen molar-refractivity contribution in [1.82, 2.24) is 0 Å². The molecule has 0 amide bonds. The first-order valence-corrected chi connectivity index (χ1v) is 3.86. The quantitative estimate of drug-likeness (QED) is 0.625. The fourth-order valence-electron chi connectivity index (χ4n) is 1.29. The van der Waals surface area contributed by atoms with Gasteiger partial charge >= 0.3 is 5.97 Å². The molecule has 0 aromatic rings. The van der Waals surface area contributed by atoms with Gasteiger partial charge in [0.25, 0.3) is 0 Å². The van der Waals surface area contributed by atoms with Gasteiger partial charge in [-0.25, -0.2) is 4.79 Å². The number of rotatable bonds is 1. The van der Waals surface area contributed by atoms with Crippen molar-refractivity contribution in [3.63, 3.8) is 0 Å². The minimum Gasteiger partial charge on any atom is -0.471 e. The first-order chi connectivity index (χ1) is 6.33. The zero-order chi connectivity index (χ0) is 9.26. The predicted octanol–water partition coefficient (Wildman–Crippen LogP) is 2.17. The first kappa shape index (κ1) is 7.86. The Balaban J connectivity index is 2.58. The number of fused-ring (bicyclic) bond motifs is 1. The second-order valence-corrected chi connectivity index (χ2v) is 2.67. The van der Waals surface area contributed by atoms with Crippen LogP contribution >= 0.6 is 0 Å². The van der Waals surface area contributed by atoms with Gasteiger partial charge in [-0.15, -0.1) is 0 Å². The molecular weight excluding hydrogens is 168 g/mol. The summed E-state index contributed by atoms with van der Waals surface area (Å²) >= 11 is 0. The number of esters is 1. The molecule has 3 heteroatoms. The van der Waals surface area contributed by atoms with Crippen LogP contribution in [0.3, 0.4) is 0 Å². The van der Waals surface area contributed by atoms with Crippen LogP contribution in [-0.2, 0) is 4.74 Å². The highest BCUT2D eigenvalue weighted by molar-refractivity contribution is 5.97. The van der Waals surface area contributed by atoms with Crippen molar-refractivity contribution in [2.75, 3.05) is 7.11 Å². The Morgan fingerprint density at radius 3 is 3.00 bits per heavy atom. The molecule has 0 fully saturated rings. The minimum atomic E-state index is -0.374. The summed E-state index contributed by atoms with van der Waals surface area (Å²) in [6, 6.07) is 5.61. The van der Waals surface area contributed by atoms with E-state index in [1.54, 1.807) is 6.26 Å². The fourth-order valence-corrected chi connectivity index (χ4v) is 1.29. The maximum Gasteiger partial charge on any atom is 0.341 e. The number of methoxy groups -OCH3 is 1. The van der Waals surface area contributed by atoms with Crippen molar-refractivity contribution >= 4 is 5.97 Å². The number of hydrogen-bond acceptors (Lipinski definition) is 3. The van der Waals surface area contributed by atoms with Gasteiger partial charge in [0.05, 0.1) is 13.4 Å². The van der Waals surface area contributed by atoms with Crippen LogP contribution in [0.15, 0.2) is 35.1 Å². The first-order valence-electron chi connectivity index (χ1n) is 3.86. The summed E-state index contributed by atoms with van der Waals surface area (Å²) in [4.78, 5) is 11.2. The Hall–Kier alpha value is -1.77. The molecular formula is C10H8O3. The molecule has 0 N–H and O–H groups in total. The van der Waals surface area contributed by atoms with Crippen LogP contribution in [0.4, 0.5) is 0 Å². The summed E-state index contributed by atoms with van der Waals surface area (Å²) in [5.74, 6) is -0.374. The maximum absolute atomic E-state index is 11.2. The van der Waals surface area contributed by atoms with Gasteiger partial charge in [-0.2, -0.15) is 0 Å². The lowest BCUT2D eigenvalue weighted by atomic mass is 10.1. The van der Waals surface area contributed by atoms with Crippen molar-refractivity contribution in [1.29, 1.82) is 0 Å². The van der Waals surface area contributed by atoms with Crippen molar-refractivity contribution in [3.05, 3.63) is 36.3 Å². The molecule has 0 atom stereocenters. The van der Waals surface area contributed by atoms with Gasteiger partial charge in [-0.1, -0.05) is 18.2 Å². The largest absolute Gasteiger partial charge is 0.471 e. The van der Waals surface area contributed by atoms with Gasteiger partial charge < -0.3 is 9.15 Å². The Morgan fingerprint density at radius 2 is 2.23 bits per heavy atom. The molecule has 2 aliphatic rings. The second kappa shape index (κ2) is 2.94. The lowest BCUT2D eigenvalue weighted by Gasteiger charge is -2.03. The number of hydrogen-bond donors (Lipinski definition) is 0. The van der Waals surface area contributed by atoms with Crippen molar-refractivity contribution in [3.8, 4) is 11.1 Å². The van der Waals surface area contributed by atoms with Gasteiger partial charge in [-0.05, 0) is 0 Å². The summed E-state index contributed by atoms with van der Waals surface area (Å²) in [7, 11) is 1.35. The average molecular weight is 176 g/mol. The Labute approximate surface area is 75.3 Å². The molecule has 1 heterocycles. The van der Waals surface area contributed by atoms with E-state index >= 15 is 0 Å². The van der Waals surface area contributed by atoms with Gasteiger partial charge in [0.1, 0.15) is 11.8 Å². The second-order valence-electron chi connectivity index (χ2n) is 2.67. The third kappa shape index (κ3) is 1.18. The van der Waals surface area contributed by atoms with Crippen molar-refractivity contribution in [2.24, 2.45) is 0 Å². The van der Waals surface area contributed by atoms with Gasteiger partial charge in [0.2, 0.25) is 0 Å². The Kier molecular flexibility index (Phi) is 1.77. The molecule has 0 aromatic carbocycles. The number of ether oxygens (including phenoxy) is 1. The highest BCUT2D eigenvalue weighted by Crippen LogP contribution is 2.26. The van der Waals surface area contributed by atoms with E-state index in [-0.39, 0.29) is 5.97 Å². The molecule has 0 bridgehead atoms. The summed E-state index contributed by atoms with van der Waals surface area (Å²) < 4.78 is 9.62. The van der Waals surface area contributed by atoms with E-state index in [0.717, 1.165) is 11.1 Å². The molecule has 0 unspecified atom stereocenters. The molecule has 2 rings (SSSR count). The summed E-state index contributed by atoms with van der Waals surface area (Å²) in [5, 5.41) is 0. The maximum atomic E-state index is 11.2. The van der Waals surface area contributed by atoms with Gasteiger partial charge in [-0.3, -0.25) is 0 Å². The molecule has 66 valence electrons. The molecule has 0 radical (unpaired) electrons. The molecule has 0 aromatic heterocycles. The topological polar surface area (TPSA) is 39.4 Å². The normalized spacial score (nSPS) is 10.2. The van der Waals surface area contributed by atoms with Crippen LogP contribution in [0.25, 0.3) is 11.1 Å². The summed E-state index contributed by atoms with van der Waals surface area (Å²) in [5.41, 5.74) is 2.23. The van der Waals surface area contributed by atoms with E-state index in [1.807, 2.05) is 18.2 Å². The third-order valence-corrected chi connectivity index (χ3v) is 1.93. The van der Waals surface area contributed by atoms with Crippen LogP contribution in [0.5, 0.6) is 0 Å². The lowest BCUT2D eigenvalue weighted by molar-refractivity contribution is 0.0599. The molecule has 0 saturated heterocycles. The highest BCUT2D eigenvalue weighted by Gasteiger charge is 2.15. The van der Waals surface area contributed by atoms with Crippen molar-refractivity contribution in [2.45, 2.75) is 0 Å². The smallest absolute Gasteiger partial charge is 0.341 e. The van der Waals surface area contributed by atoms with E-state index < -0.39 is 0 Å². The van der Waals surface area contributed by atoms with Gasteiger partial charge in [0, 0.05) is 11.1 Å². The van der Waals surface area contributed by atoms with Crippen LogP contribution in [-0.4, -0.2) is 13.1 Å². The Morgan fingerprint density at radius 1 is 1.38 bits per heavy atom. The number of carbonyl (C=O) groups excluding carboxylic acids is 1. The van der Waals surface area contributed by atoms with E-state index in [9.17, 15) is 4.79 Å². The van der Waals surface area contributed by atoms with Crippen LogP contribution < -0.4 is 0 Å². The SMILES string of the molecule is COC(=O)c1cocc2cccc1-2. The number of carbonyl (C=O) groups is 1. The third-order valence-electron chi connectivity index (χ3n) is 1.93.